The van der Waals surface area contributed by atoms with Gasteiger partial charge in [0.15, 0.2) is 0 Å². The highest BCUT2D eigenvalue weighted by Crippen LogP contribution is 2.43. The number of rotatable bonds is 2. The van der Waals surface area contributed by atoms with Gasteiger partial charge in [-0.25, -0.2) is 4.79 Å². The quantitative estimate of drug-likeness (QED) is 0.894. The Kier molecular flexibility index (Phi) is 3.78. The largest absolute Gasteiger partial charge is 0.467 e. The molecule has 3 atom stereocenters. The highest BCUT2D eigenvalue weighted by atomic mass is 16.4. The molecule has 0 spiro atoms. The molecule has 0 radical (unpaired) electrons. The lowest BCUT2D eigenvalue weighted by atomic mass is 9.76. The van der Waals surface area contributed by atoms with Gasteiger partial charge in [0.25, 0.3) is 0 Å². The van der Waals surface area contributed by atoms with Crippen molar-refractivity contribution in [1.29, 1.82) is 0 Å². The van der Waals surface area contributed by atoms with Crippen LogP contribution in [0.1, 0.15) is 42.2 Å². The predicted octanol–water partition coefficient (Wildman–Crippen LogP) is 3.76. The summed E-state index contributed by atoms with van der Waals surface area (Å²) >= 11 is 0. The molecule has 4 aliphatic heterocycles. The summed E-state index contributed by atoms with van der Waals surface area (Å²) in [6.45, 7) is 2.21. The van der Waals surface area contributed by atoms with Gasteiger partial charge in [0.2, 0.25) is 0 Å². The second-order valence-corrected chi connectivity index (χ2v) is 7.86. The second-order valence-electron chi connectivity index (χ2n) is 7.86. The van der Waals surface area contributed by atoms with Gasteiger partial charge in [0.05, 0.1) is 12.3 Å². The van der Waals surface area contributed by atoms with E-state index in [1.165, 1.54) is 18.4 Å². The monoisotopic (exact) mass is 352 g/mol. The van der Waals surface area contributed by atoms with Gasteiger partial charge in [-0.3, -0.25) is 9.80 Å². The van der Waals surface area contributed by atoms with Crippen molar-refractivity contribution in [2.75, 3.05) is 13.1 Å². The van der Waals surface area contributed by atoms with E-state index in [0.717, 1.165) is 37.4 Å². The molecule has 2 aromatic rings. The average Bonchev–Trinajstić information content (AvgIpc) is 3.21. The van der Waals surface area contributed by atoms with Crippen molar-refractivity contribution < 1.29 is 14.3 Å². The van der Waals surface area contributed by atoms with Crippen molar-refractivity contribution in [2.45, 2.75) is 43.8 Å². The molecule has 6 rings (SSSR count). The number of furan rings is 1. The van der Waals surface area contributed by atoms with Crippen LogP contribution in [0.15, 0.2) is 47.1 Å². The minimum absolute atomic E-state index is 0.0272. The molecule has 4 aliphatic rings. The minimum atomic E-state index is -0.853. The van der Waals surface area contributed by atoms with Crippen molar-refractivity contribution in [3.8, 4) is 0 Å². The highest BCUT2D eigenvalue weighted by molar-refractivity contribution is 5.68. The van der Waals surface area contributed by atoms with E-state index in [1.807, 2.05) is 24.3 Å². The maximum atomic E-state index is 12.4. The number of hydrogen-bond donors (Lipinski definition) is 1. The Labute approximate surface area is 153 Å². The van der Waals surface area contributed by atoms with Gasteiger partial charge in [-0.05, 0) is 68.0 Å². The molecule has 1 aromatic heterocycles. The van der Waals surface area contributed by atoms with E-state index in [1.54, 1.807) is 11.2 Å². The third kappa shape index (κ3) is 2.45. The Morgan fingerprint density at radius 2 is 1.88 bits per heavy atom. The molecule has 0 saturated carbocycles. The van der Waals surface area contributed by atoms with E-state index in [-0.39, 0.29) is 12.1 Å². The van der Waals surface area contributed by atoms with Gasteiger partial charge in [0, 0.05) is 6.04 Å². The Balaban J connectivity index is 1.60. The summed E-state index contributed by atoms with van der Waals surface area (Å²) in [4.78, 5) is 16.6. The topological polar surface area (TPSA) is 56.9 Å². The van der Waals surface area contributed by atoms with E-state index in [9.17, 15) is 9.90 Å². The van der Waals surface area contributed by atoms with E-state index in [0.29, 0.717) is 11.8 Å². The summed E-state index contributed by atoms with van der Waals surface area (Å²) in [7, 11) is 0. The number of amides is 1. The van der Waals surface area contributed by atoms with E-state index >= 15 is 0 Å². The molecule has 136 valence electrons. The van der Waals surface area contributed by atoms with Crippen LogP contribution < -0.4 is 0 Å². The van der Waals surface area contributed by atoms with Crippen LogP contribution in [0.3, 0.4) is 0 Å². The van der Waals surface area contributed by atoms with Crippen molar-refractivity contribution in [2.24, 2.45) is 5.92 Å². The van der Waals surface area contributed by atoms with Gasteiger partial charge in [0.1, 0.15) is 11.8 Å². The van der Waals surface area contributed by atoms with Gasteiger partial charge in [-0.1, -0.05) is 24.3 Å². The minimum Gasteiger partial charge on any atom is -0.467 e. The lowest BCUT2D eigenvalue weighted by Crippen LogP contribution is -2.61. The van der Waals surface area contributed by atoms with Crippen LogP contribution in [-0.2, 0) is 6.42 Å². The maximum absolute atomic E-state index is 12.4. The van der Waals surface area contributed by atoms with E-state index < -0.39 is 6.09 Å². The molecule has 1 N–H and O–H groups in total. The zero-order chi connectivity index (χ0) is 17.7. The van der Waals surface area contributed by atoms with Crippen LogP contribution in [-0.4, -0.2) is 46.2 Å². The predicted molar refractivity (Wildman–Crippen MR) is 97.1 cm³/mol. The lowest BCUT2D eigenvalue weighted by Gasteiger charge is -2.53. The fraction of sp³-hybridized carbons (Fsp3) is 0.476. The van der Waals surface area contributed by atoms with Gasteiger partial charge in [-0.2, -0.15) is 0 Å². The molecule has 5 heterocycles. The molecule has 1 aromatic carbocycles. The van der Waals surface area contributed by atoms with Crippen molar-refractivity contribution in [3.05, 3.63) is 59.5 Å². The SMILES string of the molecule is O=C(O)N1C(c2ccco2)c2ccccc2CC1C1CC2CCN1CC2. The van der Waals surface area contributed by atoms with E-state index in [2.05, 4.69) is 17.0 Å². The number of nitrogens with zero attached hydrogens (tertiary/aromatic N) is 2. The van der Waals surface area contributed by atoms with Crippen LogP contribution in [0.5, 0.6) is 0 Å². The average molecular weight is 352 g/mol. The second kappa shape index (κ2) is 6.16. The molecular weight excluding hydrogens is 328 g/mol. The van der Waals surface area contributed by atoms with Gasteiger partial charge < -0.3 is 9.52 Å². The van der Waals surface area contributed by atoms with Crippen LogP contribution in [0.4, 0.5) is 4.79 Å². The van der Waals surface area contributed by atoms with E-state index in [4.69, 9.17) is 4.42 Å². The molecule has 0 aliphatic carbocycles. The van der Waals surface area contributed by atoms with Crippen LogP contribution in [0.2, 0.25) is 0 Å². The molecule has 3 fully saturated rings. The Bertz CT molecular complexity index is 795. The summed E-state index contributed by atoms with van der Waals surface area (Å²) in [5, 5.41) is 10.2. The molecule has 3 unspecified atom stereocenters. The summed E-state index contributed by atoms with van der Waals surface area (Å²) in [6.07, 6.45) is 5.19. The maximum Gasteiger partial charge on any atom is 0.408 e. The molecular formula is C21H24N2O3. The van der Waals surface area contributed by atoms with Crippen LogP contribution in [0.25, 0.3) is 0 Å². The molecule has 3 saturated heterocycles. The fourth-order valence-electron chi connectivity index (χ4n) is 5.37. The standard InChI is InChI=1S/C21H24N2O3/c24-21(25)23-18(17-12-14-7-9-22(17)10-8-14)13-15-4-1-2-5-16(15)20(23)19-6-3-11-26-19/h1-6,11,14,17-18,20H,7-10,12-13H2,(H,24,25). The molecule has 2 bridgehead atoms. The van der Waals surface area contributed by atoms with Gasteiger partial charge >= 0.3 is 6.09 Å². The summed E-state index contributed by atoms with van der Waals surface area (Å²) < 4.78 is 5.69. The molecule has 5 nitrogen and oxygen atoms in total. The zero-order valence-corrected chi connectivity index (χ0v) is 14.8. The lowest BCUT2D eigenvalue weighted by molar-refractivity contribution is -0.0154. The molecule has 5 heteroatoms. The zero-order valence-electron chi connectivity index (χ0n) is 14.8. The normalized spacial score (nSPS) is 33.1. The third-order valence-corrected chi connectivity index (χ3v) is 6.58. The first-order valence-corrected chi connectivity index (χ1v) is 9.59. The Morgan fingerprint density at radius 1 is 1.08 bits per heavy atom. The Morgan fingerprint density at radius 3 is 2.54 bits per heavy atom. The van der Waals surface area contributed by atoms with Crippen LogP contribution in [0, 0.1) is 5.92 Å². The van der Waals surface area contributed by atoms with Crippen molar-refractivity contribution in [1.82, 2.24) is 9.80 Å². The summed E-state index contributed by atoms with van der Waals surface area (Å²) in [5.74, 6) is 1.46. The number of piperidine rings is 3. The summed E-state index contributed by atoms with van der Waals surface area (Å²) in [5.41, 5.74) is 2.30. The Hall–Kier alpha value is -2.27. The number of hydrogen-bond acceptors (Lipinski definition) is 3. The first-order valence-electron chi connectivity index (χ1n) is 9.59. The van der Waals surface area contributed by atoms with Gasteiger partial charge in [-0.15, -0.1) is 0 Å². The number of fused-ring (bicyclic) bond motifs is 4. The van der Waals surface area contributed by atoms with Crippen LogP contribution >= 0.6 is 0 Å². The number of carboxylic acid groups (broad SMARTS) is 1. The first-order chi connectivity index (χ1) is 12.7. The fourth-order valence-corrected chi connectivity index (χ4v) is 5.37. The number of benzene rings is 1. The van der Waals surface area contributed by atoms with Crippen molar-refractivity contribution >= 4 is 6.09 Å². The molecule has 26 heavy (non-hydrogen) atoms. The summed E-state index contributed by atoms with van der Waals surface area (Å²) in [6, 6.07) is 11.9. The first kappa shape index (κ1) is 15.9. The third-order valence-electron chi connectivity index (χ3n) is 6.58. The smallest absolute Gasteiger partial charge is 0.408 e. The van der Waals surface area contributed by atoms with Crippen molar-refractivity contribution in [3.63, 3.8) is 0 Å². The number of carbonyl (C=O) groups is 1. The highest BCUT2D eigenvalue weighted by Gasteiger charge is 2.47. The molecule has 1 amide bonds.